The molecule has 0 aliphatic carbocycles. The summed E-state index contributed by atoms with van der Waals surface area (Å²) >= 11 is 0. The summed E-state index contributed by atoms with van der Waals surface area (Å²) in [5, 5.41) is 3.51. The molecule has 2 unspecified atom stereocenters. The van der Waals surface area contributed by atoms with Crippen molar-refractivity contribution in [2.24, 2.45) is 0 Å². The quantitative estimate of drug-likeness (QED) is 0.903. The number of nitrogens with zero attached hydrogens (tertiary/aromatic N) is 3. The maximum absolute atomic E-state index is 4.39. The molecule has 3 rings (SSSR count). The van der Waals surface area contributed by atoms with E-state index in [1.54, 1.807) is 0 Å². The standard InChI is InChI=1S/C15H26N4/c1-12(2)17-10-13-9-16-11-19(13)15-6-8-18-7-4-3-5-14(15)18/h9,11-12,14-15,17H,3-8,10H2,1-2H3. The van der Waals surface area contributed by atoms with Crippen LogP contribution in [0.1, 0.15) is 51.3 Å². The zero-order valence-corrected chi connectivity index (χ0v) is 12.2. The van der Waals surface area contributed by atoms with Gasteiger partial charge in [-0.1, -0.05) is 20.3 Å². The molecule has 0 radical (unpaired) electrons. The number of fused-ring (bicyclic) bond motifs is 1. The van der Waals surface area contributed by atoms with Crippen LogP contribution in [0.2, 0.25) is 0 Å². The fourth-order valence-electron chi connectivity index (χ4n) is 3.62. The first-order chi connectivity index (χ1) is 9.25. The normalized spacial score (nSPS) is 27.9. The molecular weight excluding hydrogens is 236 g/mol. The van der Waals surface area contributed by atoms with Crippen LogP contribution in [0.4, 0.5) is 0 Å². The predicted molar refractivity (Wildman–Crippen MR) is 77.1 cm³/mol. The largest absolute Gasteiger partial charge is 0.329 e. The van der Waals surface area contributed by atoms with Gasteiger partial charge in [-0.2, -0.15) is 0 Å². The second-order valence-electron chi connectivity index (χ2n) is 6.28. The zero-order chi connectivity index (χ0) is 13.2. The number of aromatic nitrogens is 2. The Labute approximate surface area is 116 Å². The van der Waals surface area contributed by atoms with Gasteiger partial charge in [0.25, 0.3) is 0 Å². The van der Waals surface area contributed by atoms with E-state index in [1.165, 1.54) is 44.5 Å². The predicted octanol–water partition coefficient (Wildman–Crippen LogP) is 2.18. The van der Waals surface area contributed by atoms with E-state index in [0.717, 1.165) is 12.6 Å². The Kier molecular flexibility index (Phi) is 3.89. The number of hydrogen-bond acceptors (Lipinski definition) is 3. The third-order valence-electron chi connectivity index (χ3n) is 4.62. The second-order valence-corrected chi connectivity index (χ2v) is 6.28. The van der Waals surface area contributed by atoms with Crippen LogP contribution < -0.4 is 5.32 Å². The summed E-state index contributed by atoms with van der Waals surface area (Å²) in [5.41, 5.74) is 1.34. The van der Waals surface area contributed by atoms with Crippen LogP contribution in [0.3, 0.4) is 0 Å². The summed E-state index contributed by atoms with van der Waals surface area (Å²) in [6, 6.07) is 1.92. The number of rotatable bonds is 4. The lowest BCUT2D eigenvalue weighted by atomic mass is 9.99. The van der Waals surface area contributed by atoms with Crippen molar-refractivity contribution < 1.29 is 0 Å². The Balaban J connectivity index is 1.73. The molecule has 19 heavy (non-hydrogen) atoms. The molecule has 1 N–H and O–H groups in total. The molecule has 2 aliphatic rings. The summed E-state index contributed by atoms with van der Waals surface area (Å²) in [5.74, 6) is 0. The Bertz CT molecular complexity index is 412. The summed E-state index contributed by atoms with van der Waals surface area (Å²) in [6.45, 7) is 7.89. The van der Waals surface area contributed by atoms with Gasteiger partial charge in [0.15, 0.2) is 0 Å². The minimum absolute atomic E-state index is 0.526. The fraction of sp³-hybridized carbons (Fsp3) is 0.800. The summed E-state index contributed by atoms with van der Waals surface area (Å²) in [6.07, 6.45) is 9.50. The van der Waals surface area contributed by atoms with Crippen molar-refractivity contribution in [2.75, 3.05) is 13.1 Å². The molecule has 3 heterocycles. The minimum Gasteiger partial charge on any atom is -0.329 e. The molecule has 2 aliphatic heterocycles. The van der Waals surface area contributed by atoms with E-state index in [-0.39, 0.29) is 0 Å². The summed E-state index contributed by atoms with van der Waals surface area (Å²) in [7, 11) is 0. The van der Waals surface area contributed by atoms with Gasteiger partial charge in [-0.05, 0) is 25.8 Å². The molecule has 0 aromatic carbocycles. The van der Waals surface area contributed by atoms with Crippen molar-refractivity contribution in [3.63, 3.8) is 0 Å². The SMILES string of the molecule is CC(C)NCc1cncn1C1CCN2CCCCC12. The minimum atomic E-state index is 0.526. The molecule has 1 aromatic rings. The third kappa shape index (κ3) is 2.70. The molecule has 4 nitrogen and oxygen atoms in total. The lowest BCUT2D eigenvalue weighted by Gasteiger charge is -2.33. The van der Waals surface area contributed by atoms with Crippen molar-refractivity contribution in [1.29, 1.82) is 0 Å². The molecule has 2 fully saturated rings. The number of imidazole rings is 1. The third-order valence-corrected chi connectivity index (χ3v) is 4.62. The van der Waals surface area contributed by atoms with Gasteiger partial charge in [-0.15, -0.1) is 0 Å². The van der Waals surface area contributed by atoms with E-state index in [9.17, 15) is 0 Å². The average Bonchev–Trinajstić information content (AvgIpc) is 3.02. The molecule has 4 heteroatoms. The van der Waals surface area contributed by atoms with E-state index < -0.39 is 0 Å². The molecule has 106 valence electrons. The van der Waals surface area contributed by atoms with Crippen LogP contribution in [0.5, 0.6) is 0 Å². The molecule has 0 spiro atoms. The molecule has 2 saturated heterocycles. The highest BCUT2D eigenvalue weighted by Gasteiger charge is 2.36. The van der Waals surface area contributed by atoms with Crippen LogP contribution in [-0.2, 0) is 6.54 Å². The van der Waals surface area contributed by atoms with Crippen LogP contribution in [-0.4, -0.2) is 39.6 Å². The molecule has 0 saturated carbocycles. The lowest BCUT2D eigenvalue weighted by molar-refractivity contribution is 0.172. The number of piperidine rings is 1. The molecule has 1 aromatic heterocycles. The highest BCUT2D eigenvalue weighted by Crippen LogP contribution is 2.35. The fourth-order valence-corrected chi connectivity index (χ4v) is 3.62. The molecule has 0 bridgehead atoms. The van der Waals surface area contributed by atoms with Gasteiger partial charge in [0, 0.05) is 31.4 Å². The van der Waals surface area contributed by atoms with E-state index in [2.05, 4.69) is 33.6 Å². The van der Waals surface area contributed by atoms with Crippen molar-refractivity contribution in [2.45, 2.75) is 64.2 Å². The van der Waals surface area contributed by atoms with Gasteiger partial charge < -0.3 is 9.88 Å². The van der Waals surface area contributed by atoms with Crippen molar-refractivity contribution >= 4 is 0 Å². The Morgan fingerprint density at radius 1 is 1.26 bits per heavy atom. The Hall–Kier alpha value is -0.870. The van der Waals surface area contributed by atoms with Gasteiger partial charge in [0.1, 0.15) is 0 Å². The van der Waals surface area contributed by atoms with Gasteiger partial charge >= 0.3 is 0 Å². The van der Waals surface area contributed by atoms with Crippen LogP contribution in [0, 0.1) is 0 Å². The highest BCUT2D eigenvalue weighted by molar-refractivity contribution is 5.05. The second kappa shape index (κ2) is 5.63. The van der Waals surface area contributed by atoms with Crippen LogP contribution in [0.15, 0.2) is 12.5 Å². The van der Waals surface area contributed by atoms with E-state index in [4.69, 9.17) is 0 Å². The van der Waals surface area contributed by atoms with Crippen molar-refractivity contribution in [3.05, 3.63) is 18.2 Å². The molecule has 0 amide bonds. The average molecular weight is 262 g/mol. The number of nitrogens with one attached hydrogen (secondary N) is 1. The number of hydrogen-bond donors (Lipinski definition) is 1. The van der Waals surface area contributed by atoms with E-state index >= 15 is 0 Å². The van der Waals surface area contributed by atoms with Crippen LogP contribution >= 0.6 is 0 Å². The highest BCUT2D eigenvalue weighted by atomic mass is 15.3. The molecular formula is C15H26N4. The first-order valence-corrected chi connectivity index (χ1v) is 7.74. The Morgan fingerprint density at radius 2 is 2.16 bits per heavy atom. The van der Waals surface area contributed by atoms with Crippen molar-refractivity contribution in [1.82, 2.24) is 19.8 Å². The Morgan fingerprint density at radius 3 is 3.00 bits per heavy atom. The zero-order valence-electron chi connectivity index (χ0n) is 12.2. The van der Waals surface area contributed by atoms with Gasteiger partial charge in [-0.3, -0.25) is 4.90 Å². The summed E-state index contributed by atoms with van der Waals surface area (Å²) in [4.78, 5) is 7.08. The first kappa shape index (κ1) is 13.1. The van der Waals surface area contributed by atoms with Crippen LogP contribution in [0.25, 0.3) is 0 Å². The maximum atomic E-state index is 4.39. The van der Waals surface area contributed by atoms with Crippen molar-refractivity contribution in [3.8, 4) is 0 Å². The van der Waals surface area contributed by atoms with E-state index in [1.807, 2.05) is 12.5 Å². The topological polar surface area (TPSA) is 33.1 Å². The lowest BCUT2D eigenvalue weighted by Crippen LogP contribution is -2.38. The van der Waals surface area contributed by atoms with Gasteiger partial charge in [0.2, 0.25) is 0 Å². The first-order valence-electron chi connectivity index (χ1n) is 7.74. The van der Waals surface area contributed by atoms with Gasteiger partial charge in [0.05, 0.1) is 18.1 Å². The maximum Gasteiger partial charge on any atom is 0.0951 e. The van der Waals surface area contributed by atoms with E-state index in [0.29, 0.717) is 12.1 Å². The smallest absolute Gasteiger partial charge is 0.0951 e. The monoisotopic (exact) mass is 262 g/mol. The molecule has 2 atom stereocenters. The summed E-state index contributed by atoms with van der Waals surface area (Å²) < 4.78 is 2.44. The van der Waals surface area contributed by atoms with Gasteiger partial charge in [-0.25, -0.2) is 4.98 Å².